The number of ether oxygens (including phenoxy) is 1. The van der Waals surface area contributed by atoms with E-state index in [1.807, 2.05) is 71.5 Å². The largest absolute Gasteiger partial charge is 0.448 e. The molecule has 2 aliphatic heterocycles. The maximum atomic E-state index is 14.2. The van der Waals surface area contributed by atoms with Gasteiger partial charge in [0.1, 0.15) is 22.6 Å². The predicted octanol–water partition coefficient (Wildman–Crippen LogP) is 1.28. The van der Waals surface area contributed by atoms with Gasteiger partial charge in [0.05, 0.1) is 5.69 Å². The lowest BCUT2D eigenvalue weighted by atomic mass is 10.0. The first kappa shape index (κ1) is 37.1. The molecule has 272 valence electrons. The topological polar surface area (TPSA) is 231 Å². The second-order valence-electron chi connectivity index (χ2n) is 10.9. The number of thioether (sulfide) groups is 2. The van der Waals surface area contributed by atoms with E-state index in [9.17, 15) is 33.6 Å². The molecular formula is C32H27N9O8S4. The first-order chi connectivity index (χ1) is 25.8. The predicted molar refractivity (Wildman–Crippen MR) is 194 cm³/mol. The minimum Gasteiger partial charge on any atom is -0.448 e. The number of hydrazine groups is 1. The second kappa shape index (κ2) is 17.3. The van der Waals surface area contributed by atoms with Gasteiger partial charge in [-0.3, -0.25) is 44.5 Å². The van der Waals surface area contributed by atoms with Crippen molar-refractivity contribution in [3.05, 3.63) is 99.6 Å². The smallest absolute Gasteiger partial charge is 0.356 e. The number of thiazole rings is 1. The zero-order chi connectivity index (χ0) is 37.3. The summed E-state index contributed by atoms with van der Waals surface area (Å²) >= 11 is 4.95. The van der Waals surface area contributed by atoms with E-state index in [4.69, 9.17) is 4.74 Å². The van der Waals surface area contributed by atoms with Gasteiger partial charge >= 0.3 is 17.8 Å². The SMILES string of the molecule is O=CNNC(=O)C(=O)NC(C(=O)NC1C(=O)N2C(C(=O)OC(c3ccccc3)c3ccccc3)=C(CSc3nncs3)CS[C@@H]12)c1csc(NC=O)n1. The third-order valence-electron chi connectivity index (χ3n) is 7.67. The summed E-state index contributed by atoms with van der Waals surface area (Å²) in [6.07, 6.45) is -0.296. The van der Waals surface area contributed by atoms with Gasteiger partial charge in [-0.05, 0) is 16.7 Å². The average molecular weight is 794 g/mol. The molecule has 0 spiro atoms. The molecule has 2 aromatic heterocycles. The van der Waals surface area contributed by atoms with Crippen molar-refractivity contribution in [2.75, 3.05) is 16.8 Å². The van der Waals surface area contributed by atoms with Crippen LogP contribution in [0.3, 0.4) is 0 Å². The fourth-order valence-corrected chi connectivity index (χ4v) is 8.97. The monoisotopic (exact) mass is 793 g/mol. The summed E-state index contributed by atoms with van der Waals surface area (Å²) in [5, 5.41) is 15.9. The van der Waals surface area contributed by atoms with E-state index in [0.717, 1.165) is 22.5 Å². The van der Waals surface area contributed by atoms with Gasteiger partial charge in [0.25, 0.3) is 5.91 Å². The summed E-state index contributed by atoms with van der Waals surface area (Å²) < 4.78 is 6.85. The van der Waals surface area contributed by atoms with Crippen LogP contribution in [0.1, 0.15) is 29.0 Å². The van der Waals surface area contributed by atoms with Gasteiger partial charge in [-0.25, -0.2) is 9.78 Å². The molecule has 4 aromatic rings. The van der Waals surface area contributed by atoms with Crippen LogP contribution < -0.4 is 26.8 Å². The van der Waals surface area contributed by atoms with Gasteiger partial charge in [-0.1, -0.05) is 83.8 Å². The first-order valence-corrected chi connectivity index (χ1v) is 19.2. The van der Waals surface area contributed by atoms with Crippen LogP contribution in [0.4, 0.5) is 5.13 Å². The lowest BCUT2D eigenvalue weighted by Crippen LogP contribution is -2.71. The molecule has 0 aliphatic carbocycles. The van der Waals surface area contributed by atoms with E-state index in [2.05, 4.69) is 31.1 Å². The van der Waals surface area contributed by atoms with E-state index >= 15 is 0 Å². The highest BCUT2D eigenvalue weighted by molar-refractivity contribution is 8.01. The van der Waals surface area contributed by atoms with Gasteiger partial charge in [-0.2, -0.15) is 0 Å². The highest BCUT2D eigenvalue weighted by Crippen LogP contribution is 2.43. The van der Waals surface area contributed by atoms with Gasteiger partial charge < -0.3 is 20.7 Å². The number of nitrogens with one attached hydrogen (secondary N) is 5. The van der Waals surface area contributed by atoms with Crippen LogP contribution in [0.5, 0.6) is 0 Å². The fraction of sp³-hybridized carbons (Fsp3) is 0.188. The number of aromatic nitrogens is 3. The van der Waals surface area contributed by atoms with Crippen molar-refractivity contribution in [2.45, 2.75) is 27.9 Å². The standard InChI is InChI=1S/C32H27N9O8S4/c42-14-33-31-36-20(13-51-31)21(37-26(45)27(46)39-34-15-43)25(44)38-22-28(47)41-23(19(11-50-29(22)41)12-52-32-40-35-16-53-32)30(48)49-24(17-7-3-1-4-8-17)18-9-5-2-6-10-18/h1-10,13-16,21-22,24,29H,11-12H2,(H,34,43)(H,37,45)(H,38,44)(H,39,46)(H,33,36,42)/t21?,22?,29-/m0/s1. The third kappa shape index (κ3) is 8.54. The molecule has 1 saturated heterocycles. The number of carbonyl (C=O) groups is 7. The Morgan fingerprint density at radius 1 is 0.981 bits per heavy atom. The number of hydrogen-bond acceptors (Lipinski definition) is 15. The number of carbonyl (C=O) groups excluding carboxylic acids is 7. The molecule has 2 aliphatic rings. The lowest BCUT2D eigenvalue weighted by molar-refractivity contribution is -0.155. The molecule has 53 heavy (non-hydrogen) atoms. The molecule has 4 heterocycles. The van der Waals surface area contributed by atoms with E-state index < -0.39 is 53.2 Å². The van der Waals surface area contributed by atoms with Crippen LogP contribution in [0, 0.1) is 0 Å². The van der Waals surface area contributed by atoms with E-state index in [-0.39, 0.29) is 22.9 Å². The molecule has 2 aromatic carbocycles. The van der Waals surface area contributed by atoms with Crippen molar-refractivity contribution < 1.29 is 38.3 Å². The van der Waals surface area contributed by atoms with Crippen LogP contribution >= 0.6 is 46.2 Å². The van der Waals surface area contributed by atoms with Crippen molar-refractivity contribution in [3.8, 4) is 0 Å². The summed E-state index contributed by atoms with van der Waals surface area (Å²) in [6.45, 7) is 0. The van der Waals surface area contributed by atoms with Crippen molar-refractivity contribution in [1.29, 1.82) is 0 Å². The summed E-state index contributed by atoms with van der Waals surface area (Å²) in [4.78, 5) is 93.6. The lowest BCUT2D eigenvalue weighted by Gasteiger charge is -2.50. The molecule has 0 radical (unpaired) electrons. The summed E-state index contributed by atoms with van der Waals surface area (Å²) in [7, 11) is 0. The molecule has 3 atom stereocenters. The maximum absolute atomic E-state index is 14.2. The van der Waals surface area contributed by atoms with Crippen LogP contribution in [-0.2, 0) is 38.3 Å². The number of rotatable bonds is 15. The molecule has 2 unspecified atom stereocenters. The number of nitrogens with zero attached hydrogens (tertiary/aromatic N) is 4. The quantitative estimate of drug-likeness (QED) is 0.0286. The normalized spacial score (nSPS) is 16.8. The van der Waals surface area contributed by atoms with Gasteiger partial charge in [0.15, 0.2) is 21.6 Å². The average Bonchev–Trinajstić information content (AvgIpc) is 3.89. The Hall–Kier alpha value is -5.64. The number of hydrogen-bond donors (Lipinski definition) is 5. The number of esters is 1. The number of β-lactam (4-membered cyclic amide) rings is 1. The molecule has 6 amide bonds. The van der Waals surface area contributed by atoms with Crippen LogP contribution in [-0.4, -0.2) is 85.4 Å². The Morgan fingerprint density at radius 2 is 1.70 bits per heavy atom. The Labute approximate surface area is 316 Å². The number of benzene rings is 2. The van der Waals surface area contributed by atoms with Gasteiger partial charge in [0, 0.05) is 16.9 Å². The van der Waals surface area contributed by atoms with Crippen molar-refractivity contribution in [2.24, 2.45) is 0 Å². The Bertz CT molecular complexity index is 1990. The summed E-state index contributed by atoms with van der Waals surface area (Å²) in [6, 6.07) is 15.6. The van der Waals surface area contributed by atoms with Crippen LogP contribution in [0.15, 0.2) is 87.2 Å². The zero-order valence-electron chi connectivity index (χ0n) is 27.0. The van der Waals surface area contributed by atoms with E-state index in [0.29, 0.717) is 27.8 Å². The highest BCUT2D eigenvalue weighted by atomic mass is 32.2. The van der Waals surface area contributed by atoms with Gasteiger partial charge in [-0.15, -0.1) is 33.3 Å². The van der Waals surface area contributed by atoms with Crippen LogP contribution in [0.2, 0.25) is 0 Å². The van der Waals surface area contributed by atoms with Crippen molar-refractivity contribution in [3.63, 3.8) is 0 Å². The van der Waals surface area contributed by atoms with Crippen molar-refractivity contribution in [1.82, 2.24) is 41.6 Å². The number of fused-ring (bicyclic) bond motifs is 1. The van der Waals surface area contributed by atoms with E-state index in [1.54, 1.807) is 5.51 Å². The third-order valence-corrected chi connectivity index (χ3v) is 11.7. The number of anilines is 1. The minimum absolute atomic E-state index is 0.0470. The zero-order valence-corrected chi connectivity index (χ0v) is 30.3. The molecule has 6 rings (SSSR count). The fourth-order valence-electron chi connectivity index (χ4n) is 5.30. The van der Waals surface area contributed by atoms with Gasteiger partial charge in [0.2, 0.25) is 18.7 Å². The van der Waals surface area contributed by atoms with Crippen molar-refractivity contribution >= 4 is 93.7 Å². The molecule has 1 fully saturated rings. The Kier molecular flexibility index (Phi) is 12.1. The molecule has 17 nitrogen and oxygen atoms in total. The molecule has 0 bridgehead atoms. The molecule has 5 N–H and O–H groups in total. The summed E-state index contributed by atoms with van der Waals surface area (Å²) in [5.41, 5.74) is 7.31. The first-order valence-electron chi connectivity index (χ1n) is 15.4. The summed E-state index contributed by atoms with van der Waals surface area (Å²) in [5.74, 6) is -4.25. The van der Waals surface area contributed by atoms with E-state index in [1.165, 1.54) is 45.1 Å². The highest BCUT2D eigenvalue weighted by Gasteiger charge is 2.55. The second-order valence-corrected chi connectivity index (χ2v) is 14.9. The Morgan fingerprint density at radius 3 is 2.34 bits per heavy atom. The molecule has 0 saturated carbocycles. The van der Waals surface area contributed by atoms with Crippen LogP contribution in [0.25, 0.3) is 0 Å². The molecule has 21 heteroatoms. The Balaban J connectivity index is 1.26. The number of amides is 6. The minimum atomic E-state index is -1.60. The molecular weight excluding hydrogens is 767 g/mol. The maximum Gasteiger partial charge on any atom is 0.356 e.